The van der Waals surface area contributed by atoms with Crippen molar-refractivity contribution in [2.24, 2.45) is 16.7 Å². The summed E-state index contributed by atoms with van der Waals surface area (Å²) in [5.74, 6) is -0.123. The summed E-state index contributed by atoms with van der Waals surface area (Å²) in [6.07, 6.45) is -8.79. The van der Waals surface area contributed by atoms with Crippen LogP contribution in [0.15, 0.2) is 22.8 Å². The van der Waals surface area contributed by atoms with Crippen molar-refractivity contribution >= 4 is 5.97 Å². The standard InChI is InChI=1S/C32H48O13/c1-14-22(34)24(36)26(38)29(42-14)45-27-25(37)23(35)19(12-33)43-30(27)44-21-7-9-32(4)17-11-18(16-8-10-40-28(16)39)41-13-15(17)5-6-20(32)31(21,2)3/h8,14,18-27,29-30,33-38H,5-7,9-13H2,1-4H3/t14-,18+,19+,20-,21-,22-,23+,24+,25-,26+,27+,29-,30-,32+/m0/s1. The zero-order chi connectivity index (χ0) is 32.4. The number of ether oxygens (including phenoxy) is 6. The van der Waals surface area contributed by atoms with Crippen LogP contribution < -0.4 is 0 Å². The largest absolute Gasteiger partial charge is 0.458 e. The molecular weight excluding hydrogens is 592 g/mol. The van der Waals surface area contributed by atoms with Crippen LogP contribution in [-0.2, 0) is 33.2 Å². The predicted octanol–water partition coefficient (Wildman–Crippen LogP) is -0.172. The Morgan fingerprint density at radius 2 is 1.69 bits per heavy atom. The van der Waals surface area contributed by atoms with E-state index in [0.717, 1.165) is 19.3 Å². The van der Waals surface area contributed by atoms with Gasteiger partial charge in [0.05, 0.1) is 37.1 Å². The van der Waals surface area contributed by atoms with Gasteiger partial charge in [-0.25, -0.2) is 4.79 Å². The molecule has 254 valence electrons. The van der Waals surface area contributed by atoms with Gasteiger partial charge in [-0.05, 0) is 67.4 Å². The molecule has 0 aromatic rings. The molecule has 13 nitrogen and oxygen atoms in total. The minimum absolute atomic E-state index is 0.165. The molecule has 6 N–H and O–H groups in total. The second-order valence-corrected chi connectivity index (χ2v) is 14.3. The van der Waals surface area contributed by atoms with E-state index in [-0.39, 0.29) is 36.1 Å². The molecular formula is C32H48O13. The van der Waals surface area contributed by atoms with Crippen molar-refractivity contribution in [2.45, 2.75) is 133 Å². The topological polar surface area (TPSA) is 194 Å². The summed E-state index contributed by atoms with van der Waals surface area (Å²) in [7, 11) is 0. The first-order valence-electron chi connectivity index (χ1n) is 16.1. The third kappa shape index (κ3) is 5.71. The Bertz CT molecular complexity index is 1190. The maximum atomic E-state index is 12.3. The quantitative estimate of drug-likeness (QED) is 0.166. The van der Waals surface area contributed by atoms with Gasteiger partial charge >= 0.3 is 5.97 Å². The Balaban J connectivity index is 1.22. The molecule has 6 aliphatic rings. The average molecular weight is 641 g/mol. The highest BCUT2D eigenvalue weighted by Gasteiger charge is 2.58. The lowest BCUT2D eigenvalue weighted by molar-refractivity contribution is -0.375. The van der Waals surface area contributed by atoms with Crippen molar-refractivity contribution in [3.63, 3.8) is 0 Å². The van der Waals surface area contributed by atoms with Gasteiger partial charge in [-0.2, -0.15) is 0 Å². The third-order valence-electron chi connectivity index (χ3n) is 11.4. The number of aliphatic hydroxyl groups excluding tert-OH is 6. The summed E-state index contributed by atoms with van der Waals surface area (Å²) in [4.78, 5) is 12.3. The summed E-state index contributed by atoms with van der Waals surface area (Å²) in [6.45, 7) is 8.30. The van der Waals surface area contributed by atoms with E-state index in [4.69, 9.17) is 28.4 Å². The lowest BCUT2D eigenvalue weighted by Gasteiger charge is -2.59. The fourth-order valence-corrected chi connectivity index (χ4v) is 8.76. The molecule has 0 unspecified atom stereocenters. The number of hydrogen-bond acceptors (Lipinski definition) is 13. The molecule has 13 heteroatoms. The van der Waals surface area contributed by atoms with Gasteiger partial charge in [0, 0.05) is 0 Å². The van der Waals surface area contributed by atoms with Crippen molar-refractivity contribution in [1.29, 1.82) is 0 Å². The predicted molar refractivity (Wildman–Crippen MR) is 154 cm³/mol. The molecule has 2 aliphatic carbocycles. The third-order valence-corrected chi connectivity index (χ3v) is 11.4. The fraction of sp³-hybridized carbons (Fsp3) is 0.844. The number of hydrogen-bond donors (Lipinski definition) is 6. The monoisotopic (exact) mass is 640 g/mol. The van der Waals surface area contributed by atoms with Crippen LogP contribution in [0.1, 0.15) is 59.8 Å². The number of esters is 1. The highest BCUT2D eigenvalue weighted by molar-refractivity contribution is 5.91. The molecule has 0 radical (unpaired) electrons. The lowest BCUT2D eigenvalue weighted by Crippen LogP contribution is -2.65. The molecule has 4 aliphatic heterocycles. The Hall–Kier alpha value is -1.49. The maximum Gasteiger partial charge on any atom is 0.336 e. The Morgan fingerprint density at radius 1 is 0.933 bits per heavy atom. The number of carbonyl (C=O) groups excluding carboxylic acids is 1. The van der Waals surface area contributed by atoms with Crippen LogP contribution in [0.2, 0.25) is 0 Å². The summed E-state index contributed by atoms with van der Waals surface area (Å²) in [5, 5.41) is 62.7. The molecule has 2 saturated heterocycles. The van der Waals surface area contributed by atoms with Crippen molar-refractivity contribution in [3.05, 3.63) is 22.8 Å². The first-order valence-corrected chi connectivity index (χ1v) is 16.1. The fourth-order valence-electron chi connectivity index (χ4n) is 8.76. The zero-order valence-electron chi connectivity index (χ0n) is 26.3. The number of fused-ring (bicyclic) bond motifs is 2. The van der Waals surface area contributed by atoms with Crippen LogP contribution in [0.25, 0.3) is 0 Å². The second-order valence-electron chi connectivity index (χ2n) is 14.3. The van der Waals surface area contributed by atoms with E-state index in [9.17, 15) is 35.4 Å². The van der Waals surface area contributed by atoms with Gasteiger partial charge in [0.1, 0.15) is 49.3 Å². The lowest BCUT2D eigenvalue weighted by atomic mass is 9.48. The smallest absolute Gasteiger partial charge is 0.336 e. The van der Waals surface area contributed by atoms with Crippen molar-refractivity contribution < 1.29 is 63.9 Å². The van der Waals surface area contributed by atoms with Crippen LogP contribution in [-0.4, -0.2) is 130 Å². The van der Waals surface area contributed by atoms with Gasteiger partial charge in [0.2, 0.25) is 0 Å². The van der Waals surface area contributed by atoms with E-state index in [2.05, 4.69) is 20.8 Å². The first-order chi connectivity index (χ1) is 21.3. The molecule has 3 fully saturated rings. The number of aliphatic hydroxyl groups is 6. The van der Waals surface area contributed by atoms with Crippen LogP contribution >= 0.6 is 0 Å². The number of carbonyl (C=O) groups is 1. The van der Waals surface area contributed by atoms with Crippen molar-refractivity contribution in [3.8, 4) is 0 Å². The van der Waals surface area contributed by atoms with Crippen molar-refractivity contribution in [1.82, 2.24) is 0 Å². The van der Waals surface area contributed by atoms with E-state index in [0.29, 0.717) is 25.0 Å². The first kappa shape index (κ1) is 33.4. The Kier molecular flexibility index (Phi) is 9.29. The van der Waals surface area contributed by atoms with E-state index in [1.165, 1.54) is 18.1 Å². The van der Waals surface area contributed by atoms with E-state index < -0.39 is 73.4 Å². The highest BCUT2D eigenvalue weighted by atomic mass is 16.8. The van der Waals surface area contributed by atoms with Crippen LogP contribution in [0.4, 0.5) is 0 Å². The van der Waals surface area contributed by atoms with Crippen LogP contribution in [0, 0.1) is 16.7 Å². The van der Waals surface area contributed by atoms with E-state index in [1.807, 2.05) is 6.08 Å². The average Bonchev–Trinajstić information content (AvgIpc) is 3.44. The minimum Gasteiger partial charge on any atom is -0.458 e. The summed E-state index contributed by atoms with van der Waals surface area (Å²) < 4.78 is 35.4. The van der Waals surface area contributed by atoms with Crippen LogP contribution in [0.5, 0.6) is 0 Å². The molecule has 4 heterocycles. The molecule has 6 rings (SSSR count). The number of cyclic esters (lactones) is 1. The number of rotatable bonds is 6. The summed E-state index contributed by atoms with van der Waals surface area (Å²) in [6, 6.07) is 0. The van der Waals surface area contributed by atoms with Crippen LogP contribution in [0.3, 0.4) is 0 Å². The van der Waals surface area contributed by atoms with Gasteiger partial charge in [0.15, 0.2) is 12.6 Å². The molecule has 0 amide bonds. The van der Waals surface area contributed by atoms with Gasteiger partial charge < -0.3 is 59.1 Å². The summed E-state index contributed by atoms with van der Waals surface area (Å²) in [5.41, 5.74) is 2.67. The zero-order valence-corrected chi connectivity index (χ0v) is 26.3. The van der Waals surface area contributed by atoms with Crippen molar-refractivity contribution in [2.75, 3.05) is 19.8 Å². The van der Waals surface area contributed by atoms with Gasteiger partial charge in [-0.15, -0.1) is 0 Å². The SMILES string of the molecule is C[C@@H]1O[C@@H](O[C@H]2[C@H](O[C@H]3CC[C@]4(C)C5=C(CC[C@H]4C3(C)C)CO[C@@H](C3=CCOC3=O)C5)O[C@H](CO)[C@@H](O)[C@@H]2O)[C@H](O)[C@H](O)[C@H]1O. The molecule has 0 aromatic carbocycles. The molecule has 0 bridgehead atoms. The highest BCUT2D eigenvalue weighted by Crippen LogP contribution is 2.62. The molecule has 45 heavy (non-hydrogen) atoms. The molecule has 0 spiro atoms. The molecule has 14 atom stereocenters. The molecule has 1 saturated carbocycles. The minimum atomic E-state index is -1.64. The Labute approximate surface area is 262 Å². The normalized spacial score (nSPS) is 48.4. The van der Waals surface area contributed by atoms with E-state index in [1.54, 1.807) is 0 Å². The summed E-state index contributed by atoms with van der Waals surface area (Å²) >= 11 is 0. The Morgan fingerprint density at radius 3 is 2.38 bits per heavy atom. The second kappa shape index (κ2) is 12.5. The van der Waals surface area contributed by atoms with E-state index >= 15 is 0 Å². The van der Waals surface area contributed by atoms with Gasteiger partial charge in [-0.1, -0.05) is 26.3 Å². The molecule has 0 aromatic heterocycles. The van der Waals surface area contributed by atoms with Gasteiger partial charge in [-0.3, -0.25) is 0 Å². The maximum absolute atomic E-state index is 12.3. The van der Waals surface area contributed by atoms with Gasteiger partial charge in [0.25, 0.3) is 0 Å².